The number of likely N-dealkylation sites (tertiary alicyclic amines) is 1. The van der Waals surface area contributed by atoms with E-state index in [0.717, 1.165) is 24.8 Å². The number of amides is 1. The van der Waals surface area contributed by atoms with Gasteiger partial charge in [0, 0.05) is 12.7 Å². The Balaban J connectivity index is 2.25. The summed E-state index contributed by atoms with van der Waals surface area (Å²) in [6.45, 7) is 4.71. The third-order valence-electron chi connectivity index (χ3n) is 3.68. The fourth-order valence-electron chi connectivity index (χ4n) is 2.70. The van der Waals surface area contributed by atoms with Gasteiger partial charge in [-0.2, -0.15) is 0 Å². The van der Waals surface area contributed by atoms with Gasteiger partial charge in [0.05, 0.1) is 17.7 Å². The van der Waals surface area contributed by atoms with E-state index >= 15 is 0 Å². The number of hydrogen-bond acceptors (Lipinski definition) is 3. The molecule has 1 aliphatic rings. The summed E-state index contributed by atoms with van der Waals surface area (Å²) in [6.07, 6.45) is 4.28. The highest BCUT2D eigenvalue weighted by atomic mass is 16.2. The molecule has 2 heterocycles. The topological polar surface area (TPSA) is 50.3 Å². The SMILES string of the molecule is CC(C)C(C(=O)N1CCCC1C=O)c1ccccn1. The monoisotopic (exact) mass is 260 g/mol. The van der Waals surface area contributed by atoms with Crippen LogP contribution < -0.4 is 0 Å². The van der Waals surface area contributed by atoms with E-state index in [1.165, 1.54) is 0 Å². The van der Waals surface area contributed by atoms with Crippen LogP contribution in [-0.4, -0.2) is 34.7 Å². The summed E-state index contributed by atoms with van der Waals surface area (Å²) in [5, 5.41) is 0. The van der Waals surface area contributed by atoms with E-state index in [1.54, 1.807) is 11.1 Å². The van der Waals surface area contributed by atoms with Gasteiger partial charge in [-0.05, 0) is 30.9 Å². The van der Waals surface area contributed by atoms with Gasteiger partial charge in [-0.3, -0.25) is 9.78 Å². The van der Waals surface area contributed by atoms with Gasteiger partial charge >= 0.3 is 0 Å². The lowest BCUT2D eigenvalue weighted by Gasteiger charge is -2.28. The zero-order chi connectivity index (χ0) is 13.8. The molecule has 1 aromatic rings. The Morgan fingerprint density at radius 2 is 2.26 bits per heavy atom. The lowest BCUT2D eigenvalue weighted by atomic mass is 9.90. The highest BCUT2D eigenvalue weighted by Crippen LogP contribution is 2.28. The zero-order valence-corrected chi connectivity index (χ0v) is 11.5. The first-order valence-corrected chi connectivity index (χ1v) is 6.82. The Labute approximate surface area is 113 Å². The van der Waals surface area contributed by atoms with Crippen molar-refractivity contribution in [2.45, 2.75) is 38.6 Å². The third kappa shape index (κ3) is 2.83. The van der Waals surface area contributed by atoms with Crippen molar-refractivity contribution in [2.24, 2.45) is 5.92 Å². The second kappa shape index (κ2) is 5.95. The predicted molar refractivity (Wildman–Crippen MR) is 72.6 cm³/mol. The molecular formula is C15H20N2O2. The quantitative estimate of drug-likeness (QED) is 0.778. The molecule has 0 aromatic carbocycles. The number of pyridine rings is 1. The Morgan fingerprint density at radius 1 is 1.47 bits per heavy atom. The molecule has 1 aliphatic heterocycles. The summed E-state index contributed by atoms with van der Waals surface area (Å²) in [5.74, 6) is -0.0691. The second-order valence-corrected chi connectivity index (χ2v) is 5.35. The number of rotatable bonds is 4. The van der Waals surface area contributed by atoms with Gasteiger partial charge in [0.2, 0.25) is 5.91 Å². The average molecular weight is 260 g/mol. The van der Waals surface area contributed by atoms with Crippen LogP contribution in [0.25, 0.3) is 0 Å². The third-order valence-corrected chi connectivity index (χ3v) is 3.68. The zero-order valence-electron chi connectivity index (χ0n) is 11.5. The molecule has 102 valence electrons. The van der Waals surface area contributed by atoms with E-state index < -0.39 is 0 Å². The molecule has 4 heteroatoms. The first-order chi connectivity index (χ1) is 9.15. The minimum absolute atomic E-state index is 0.0308. The van der Waals surface area contributed by atoms with Crippen molar-refractivity contribution >= 4 is 12.2 Å². The molecule has 0 radical (unpaired) electrons. The molecule has 1 aromatic heterocycles. The van der Waals surface area contributed by atoms with Crippen LogP contribution in [0.5, 0.6) is 0 Å². The largest absolute Gasteiger partial charge is 0.332 e. The highest BCUT2D eigenvalue weighted by Gasteiger charge is 2.35. The van der Waals surface area contributed by atoms with Gasteiger partial charge in [-0.25, -0.2) is 0 Å². The summed E-state index contributed by atoms with van der Waals surface area (Å²) in [7, 11) is 0. The van der Waals surface area contributed by atoms with E-state index in [4.69, 9.17) is 0 Å². The van der Waals surface area contributed by atoms with Crippen LogP contribution in [0.4, 0.5) is 0 Å². The molecule has 2 rings (SSSR count). The van der Waals surface area contributed by atoms with Crippen molar-refractivity contribution in [3.8, 4) is 0 Å². The van der Waals surface area contributed by atoms with Crippen molar-refractivity contribution in [2.75, 3.05) is 6.54 Å². The van der Waals surface area contributed by atoms with Crippen molar-refractivity contribution in [1.29, 1.82) is 0 Å². The van der Waals surface area contributed by atoms with E-state index in [9.17, 15) is 9.59 Å². The van der Waals surface area contributed by atoms with Crippen LogP contribution in [-0.2, 0) is 9.59 Å². The lowest BCUT2D eigenvalue weighted by molar-refractivity contribution is -0.137. The number of hydrogen-bond donors (Lipinski definition) is 0. The van der Waals surface area contributed by atoms with E-state index in [2.05, 4.69) is 4.98 Å². The molecule has 1 fully saturated rings. The highest BCUT2D eigenvalue weighted by molar-refractivity contribution is 5.86. The van der Waals surface area contributed by atoms with Gasteiger partial charge in [-0.1, -0.05) is 19.9 Å². The van der Waals surface area contributed by atoms with Crippen LogP contribution in [0.1, 0.15) is 38.3 Å². The number of aldehydes is 1. The fourth-order valence-corrected chi connectivity index (χ4v) is 2.70. The van der Waals surface area contributed by atoms with Gasteiger partial charge < -0.3 is 9.69 Å². The predicted octanol–water partition coefficient (Wildman–Crippen LogP) is 2.01. The van der Waals surface area contributed by atoms with E-state index in [0.29, 0.717) is 6.54 Å². The second-order valence-electron chi connectivity index (χ2n) is 5.35. The number of nitrogens with zero attached hydrogens (tertiary/aromatic N) is 2. The molecule has 1 saturated heterocycles. The number of carbonyl (C=O) groups excluding carboxylic acids is 2. The smallest absolute Gasteiger partial charge is 0.232 e. The number of carbonyl (C=O) groups is 2. The van der Waals surface area contributed by atoms with Crippen LogP contribution in [0.3, 0.4) is 0 Å². The van der Waals surface area contributed by atoms with Crippen LogP contribution >= 0.6 is 0 Å². The van der Waals surface area contributed by atoms with E-state index in [-0.39, 0.29) is 23.8 Å². The standard InChI is InChI=1S/C15H20N2O2/c1-11(2)14(13-7-3-4-8-16-13)15(19)17-9-5-6-12(17)10-18/h3-4,7-8,10-12,14H,5-6,9H2,1-2H3. The number of aromatic nitrogens is 1. The van der Waals surface area contributed by atoms with Crippen LogP contribution in [0.15, 0.2) is 24.4 Å². The first kappa shape index (κ1) is 13.7. The van der Waals surface area contributed by atoms with Crippen LogP contribution in [0.2, 0.25) is 0 Å². The molecular weight excluding hydrogens is 240 g/mol. The maximum Gasteiger partial charge on any atom is 0.232 e. The van der Waals surface area contributed by atoms with Crippen LogP contribution in [0, 0.1) is 5.92 Å². The van der Waals surface area contributed by atoms with E-state index in [1.807, 2.05) is 32.0 Å². The lowest BCUT2D eigenvalue weighted by Crippen LogP contribution is -2.41. The molecule has 4 nitrogen and oxygen atoms in total. The van der Waals surface area contributed by atoms with Crippen molar-refractivity contribution in [1.82, 2.24) is 9.88 Å². The van der Waals surface area contributed by atoms with Gasteiger partial charge in [0.1, 0.15) is 6.29 Å². The van der Waals surface area contributed by atoms with Gasteiger partial charge in [0.15, 0.2) is 0 Å². The Hall–Kier alpha value is -1.71. The summed E-state index contributed by atoms with van der Waals surface area (Å²) in [6, 6.07) is 5.37. The van der Waals surface area contributed by atoms with Crippen molar-refractivity contribution in [3.05, 3.63) is 30.1 Å². The molecule has 2 atom stereocenters. The molecule has 0 spiro atoms. The molecule has 19 heavy (non-hydrogen) atoms. The van der Waals surface area contributed by atoms with Gasteiger partial charge in [-0.15, -0.1) is 0 Å². The maximum absolute atomic E-state index is 12.7. The summed E-state index contributed by atoms with van der Waals surface area (Å²) >= 11 is 0. The minimum Gasteiger partial charge on any atom is -0.332 e. The molecule has 1 amide bonds. The first-order valence-electron chi connectivity index (χ1n) is 6.82. The molecule has 0 N–H and O–H groups in total. The molecule has 0 saturated carbocycles. The molecule has 0 bridgehead atoms. The fraction of sp³-hybridized carbons (Fsp3) is 0.533. The summed E-state index contributed by atoms with van der Waals surface area (Å²) < 4.78 is 0. The van der Waals surface area contributed by atoms with Crippen molar-refractivity contribution < 1.29 is 9.59 Å². The minimum atomic E-state index is -0.262. The van der Waals surface area contributed by atoms with Gasteiger partial charge in [0.25, 0.3) is 0 Å². The Kier molecular flexibility index (Phi) is 4.30. The molecule has 2 unspecified atom stereocenters. The average Bonchev–Trinajstić information content (AvgIpc) is 2.88. The molecule has 0 aliphatic carbocycles. The van der Waals surface area contributed by atoms with Crippen molar-refractivity contribution in [3.63, 3.8) is 0 Å². The summed E-state index contributed by atoms with van der Waals surface area (Å²) in [4.78, 5) is 29.7. The maximum atomic E-state index is 12.7. The normalized spacial score (nSPS) is 20.6. The Bertz CT molecular complexity index is 445. The Morgan fingerprint density at radius 3 is 2.84 bits per heavy atom. The summed E-state index contributed by atoms with van der Waals surface area (Å²) in [5.41, 5.74) is 0.791.